The molecule has 1 aliphatic carbocycles. The lowest BCUT2D eigenvalue weighted by Gasteiger charge is -2.21. The Morgan fingerprint density at radius 3 is 2.09 bits per heavy atom. The summed E-state index contributed by atoms with van der Waals surface area (Å²) in [5.41, 5.74) is 13.3. The number of aromatic nitrogens is 3. The van der Waals surface area contributed by atoms with Gasteiger partial charge in [0.1, 0.15) is 5.82 Å². The van der Waals surface area contributed by atoms with Crippen LogP contribution in [0.1, 0.15) is 25.0 Å². The lowest BCUT2D eigenvalue weighted by atomic mass is 9.82. The second-order valence-electron chi connectivity index (χ2n) is 12.1. The van der Waals surface area contributed by atoms with Crippen molar-refractivity contribution in [3.05, 3.63) is 151 Å². The van der Waals surface area contributed by atoms with Gasteiger partial charge < -0.3 is 4.57 Å². The third-order valence-electron chi connectivity index (χ3n) is 9.32. The minimum Gasteiger partial charge on any atom is -0.309 e. The molecule has 2 heterocycles. The molecule has 0 fully saturated rings. The molecule has 0 bridgehead atoms. The van der Waals surface area contributed by atoms with Gasteiger partial charge in [-0.1, -0.05) is 117 Å². The Hall–Kier alpha value is -5.41. The molecular formula is C40H29N3. The zero-order chi connectivity index (χ0) is 28.7. The number of nitrogens with zero attached hydrogens (tertiary/aromatic N) is 3. The Balaban J connectivity index is 1.37. The highest BCUT2D eigenvalue weighted by molar-refractivity contribution is 6.15. The van der Waals surface area contributed by atoms with Gasteiger partial charge in [-0.25, -0.2) is 4.98 Å². The van der Waals surface area contributed by atoms with E-state index in [1.165, 1.54) is 44.1 Å². The maximum atomic E-state index is 5.10. The first-order chi connectivity index (χ1) is 21.1. The molecule has 43 heavy (non-hydrogen) atoms. The summed E-state index contributed by atoms with van der Waals surface area (Å²) in [6, 6.07) is 50.2. The number of imidazole rings is 1. The van der Waals surface area contributed by atoms with Gasteiger partial charge in [0.05, 0.1) is 22.1 Å². The molecule has 2 aromatic heterocycles. The Kier molecular flexibility index (Phi) is 4.95. The van der Waals surface area contributed by atoms with Crippen molar-refractivity contribution < 1.29 is 0 Å². The van der Waals surface area contributed by atoms with Crippen LogP contribution in [0.2, 0.25) is 0 Å². The van der Waals surface area contributed by atoms with Crippen LogP contribution in [0.5, 0.6) is 0 Å². The molecule has 6 aromatic carbocycles. The van der Waals surface area contributed by atoms with Gasteiger partial charge >= 0.3 is 0 Å². The third-order valence-corrected chi connectivity index (χ3v) is 9.32. The predicted molar refractivity (Wildman–Crippen MR) is 178 cm³/mol. The molecule has 9 rings (SSSR count). The van der Waals surface area contributed by atoms with Crippen LogP contribution in [0.3, 0.4) is 0 Å². The van der Waals surface area contributed by atoms with Gasteiger partial charge in [0.2, 0.25) is 0 Å². The van der Waals surface area contributed by atoms with Gasteiger partial charge in [0.15, 0.2) is 0 Å². The Labute approximate surface area is 250 Å². The van der Waals surface area contributed by atoms with E-state index in [2.05, 4.69) is 163 Å². The third kappa shape index (κ3) is 3.33. The monoisotopic (exact) mass is 551 g/mol. The minimum absolute atomic E-state index is 0.0659. The topological polar surface area (TPSA) is 22.8 Å². The highest BCUT2D eigenvalue weighted by atomic mass is 15.1. The van der Waals surface area contributed by atoms with Crippen molar-refractivity contribution in [2.24, 2.45) is 0 Å². The van der Waals surface area contributed by atoms with E-state index in [9.17, 15) is 0 Å². The second kappa shape index (κ2) is 8.80. The molecule has 8 aromatic rings. The summed E-state index contributed by atoms with van der Waals surface area (Å²) >= 11 is 0. The fourth-order valence-corrected chi connectivity index (χ4v) is 7.35. The van der Waals surface area contributed by atoms with E-state index in [1.54, 1.807) is 0 Å². The van der Waals surface area contributed by atoms with Gasteiger partial charge in [-0.15, -0.1) is 0 Å². The largest absolute Gasteiger partial charge is 0.309 e. The Morgan fingerprint density at radius 2 is 1.23 bits per heavy atom. The summed E-state index contributed by atoms with van der Waals surface area (Å²) in [5, 5.41) is 2.55. The van der Waals surface area contributed by atoms with Gasteiger partial charge in [-0.2, -0.15) is 0 Å². The fraction of sp³-hybridized carbons (Fsp3) is 0.0750. The SMILES string of the molecule is CC1(C)c2ccccc2-c2c1ccc1c3ccccc3n(-c3cccc(-n4c(-c5ccccc5)nc5ccccc54)c3)c21. The van der Waals surface area contributed by atoms with Crippen LogP contribution in [0, 0.1) is 0 Å². The second-order valence-corrected chi connectivity index (χ2v) is 12.1. The van der Waals surface area contributed by atoms with E-state index in [0.29, 0.717) is 0 Å². The molecule has 0 aliphatic heterocycles. The van der Waals surface area contributed by atoms with Crippen molar-refractivity contribution in [2.75, 3.05) is 0 Å². The van der Waals surface area contributed by atoms with E-state index in [0.717, 1.165) is 33.8 Å². The van der Waals surface area contributed by atoms with Crippen LogP contribution in [0.25, 0.3) is 66.7 Å². The number of fused-ring (bicyclic) bond motifs is 8. The standard InChI is InChI=1S/C40H29N3/c1-40(2)32-19-8-6-18-31(32)37-33(40)24-23-30-29-17-7-10-21-35(29)42(38(30)37)27-15-12-16-28(25-27)43-36-22-11-9-20-34(36)41-39(43)26-13-4-3-5-14-26/h3-25H,1-2H3. The quantitative estimate of drug-likeness (QED) is 0.214. The number of hydrogen-bond donors (Lipinski definition) is 0. The summed E-state index contributed by atoms with van der Waals surface area (Å²) in [5.74, 6) is 0.942. The van der Waals surface area contributed by atoms with Gasteiger partial charge in [0, 0.05) is 38.7 Å². The molecule has 0 N–H and O–H groups in total. The number of benzene rings is 6. The average molecular weight is 552 g/mol. The Bertz CT molecular complexity index is 2370. The Morgan fingerprint density at radius 1 is 0.535 bits per heavy atom. The van der Waals surface area contributed by atoms with Crippen molar-refractivity contribution in [3.63, 3.8) is 0 Å². The lowest BCUT2D eigenvalue weighted by molar-refractivity contribution is 0.661. The minimum atomic E-state index is -0.0659. The number of hydrogen-bond acceptors (Lipinski definition) is 1. The smallest absolute Gasteiger partial charge is 0.145 e. The van der Waals surface area contributed by atoms with Crippen molar-refractivity contribution >= 4 is 32.8 Å². The van der Waals surface area contributed by atoms with Crippen LogP contribution < -0.4 is 0 Å². The zero-order valence-corrected chi connectivity index (χ0v) is 24.1. The fourth-order valence-electron chi connectivity index (χ4n) is 7.35. The first-order valence-electron chi connectivity index (χ1n) is 14.9. The normalized spacial score (nSPS) is 13.5. The molecule has 3 nitrogen and oxygen atoms in total. The number of para-hydroxylation sites is 3. The van der Waals surface area contributed by atoms with Crippen molar-refractivity contribution in [2.45, 2.75) is 19.3 Å². The molecule has 0 saturated heterocycles. The first-order valence-corrected chi connectivity index (χ1v) is 14.9. The maximum absolute atomic E-state index is 5.10. The van der Waals surface area contributed by atoms with Gasteiger partial charge in [-0.3, -0.25) is 4.57 Å². The highest BCUT2D eigenvalue weighted by Crippen LogP contribution is 2.52. The molecule has 0 radical (unpaired) electrons. The van der Waals surface area contributed by atoms with Crippen LogP contribution in [-0.4, -0.2) is 14.1 Å². The van der Waals surface area contributed by atoms with E-state index in [1.807, 2.05) is 0 Å². The number of rotatable bonds is 3. The molecule has 0 atom stereocenters. The predicted octanol–water partition coefficient (Wildman–Crippen LogP) is 10.1. The van der Waals surface area contributed by atoms with Crippen LogP contribution in [0.15, 0.2) is 140 Å². The molecule has 204 valence electrons. The summed E-state index contributed by atoms with van der Waals surface area (Å²) in [7, 11) is 0. The highest BCUT2D eigenvalue weighted by Gasteiger charge is 2.37. The van der Waals surface area contributed by atoms with E-state index >= 15 is 0 Å². The molecule has 0 amide bonds. The molecular weight excluding hydrogens is 522 g/mol. The van der Waals surface area contributed by atoms with Crippen molar-refractivity contribution in [1.29, 1.82) is 0 Å². The molecule has 0 saturated carbocycles. The average Bonchev–Trinajstić information content (AvgIpc) is 3.68. The van der Waals surface area contributed by atoms with Gasteiger partial charge in [-0.05, 0) is 53.1 Å². The molecule has 3 heteroatoms. The maximum Gasteiger partial charge on any atom is 0.145 e. The van der Waals surface area contributed by atoms with E-state index in [-0.39, 0.29) is 5.41 Å². The summed E-state index contributed by atoms with van der Waals surface area (Å²) in [6.45, 7) is 4.71. The molecule has 1 aliphatic rings. The molecule has 0 spiro atoms. The van der Waals surface area contributed by atoms with Gasteiger partial charge in [0.25, 0.3) is 0 Å². The van der Waals surface area contributed by atoms with E-state index < -0.39 is 0 Å². The lowest BCUT2D eigenvalue weighted by Crippen LogP contribution is -2.14. The summed E-state index contributed by atoms with van der Waals surface area (Å²) in [4.78, 5) is 5.10. The van der Waals surface area contributed by atoms with Crippen LogP contribution in [-0.2, 0) is 5.41 Å². The molecule has 0 unspecified atom stereocenters. The van der Waals surface area contributed by atoms with Crippen molar-refractivity contribution in [3.8, 4) is 33.9 Å². The van der Waals surface area contributed by atoms with E-state index in [4.69, 9.17) is 4.98 Å². The summed E-state index contributed by atoms with van der Waals surface area (Å²) in [6.07, 6.45) is 0. The first kappa shape index (κ1) is 24.2. The zero-order valence-electron chi connectivity index (χ0n) is 24.1. The van der Waals surface area contributed by atoms with Crippen LogP contribution in [0.4, 0.5) is 0 Å². The van der Waals surface area contributed by atoms with Crippen LogP contribution >= 0.6 is 0 Å². The summed E-state index contributed by atoms with van der Waals surface area (Å²) < 4.78 is 4.78. The van der Waals surface area contributed by atoms with Crippen molar-refractivity contribution in [1.82, 2.24) is 14.1 Å².